The van der Waals surface area contributed by atoms with E-state index in [-0.39, 0.29) is 6.04 Å². The van der Waals surface area contributed by atoms with E-state index >= 15 is 0 Å². The third kappa shape index (κ3) is 2.17. The zero-order valence-electron chi connectivity index (χ0n) is 12.3. The van der Waals surface area contributed by atoms with E-state index in [1.165, 1.54) is 28.5 Å². The van der Waals surface area contributed by atoms with Crippen LogP contribution in [0.2, 0.25) is 0 Å². The predicted octanol–water partition coefficient (Wildman–Crippen LogP) is 3.10. The second kappa shape index (κ2) is 5.11. The third-order valence-electron chi connectivity index (χ3n) is 4.95. The first-order valence-corrected chi connectivity index (χ1v) is 8.61. The molecule has 4 rings (SSSR count). The summed E-state index contributed by atoms with van der Waals surface area (Å²) in [5, 5.41) is 3.60. The van der Waals surface area contributed by atoms with Gasteiger partial charge in [-0.1, -0.05) is 18.2 Å². The fourth-order valence-corrected chi connectivity index (χ4v) is 4.67. The molecule has 0 N–H and O–H groups in total. The zero-order valence-corrected chi connectivity index (χ0v) is 13.1. The second-order valence-corrected chi connectivity index (χ2v) is 7.10. The van der Waals surface area contributed by atoms with Gasteiger partial charge in [-0.3, -0.25) is 9.69 Å². The average molecular weight is 300 g/mol. The molecule has 2 aliphatic heterocycles. The maximum atomic E-state index is 12.5. The lowest BCUT2D eigenvalue weighted by molar-refractivity contribution is -0.143. The third-order valence-corrected chi connectivity index (χ3v) is 5.96. The van der Waals surface area contributed by atoms with E-state index in [0.717, 1.165) is 19.6 Å². The number of thiophene rings is 1. The lowest BCUT2D eigenvalue weighted by atomic mass is 10.1. The van der Waals surface area contributed by atoms with Gasteiger partial charge in [-0.25, -0.2) is 0 Å². The van der Waals surface area contributed by atoms with Crippen LogP contribution in [0, 0.1) is 0 Å². The largest absolute Gasteiger partial charge is 0.337 e. The van der Waals surface area contributed by atoms with Crippen molar-refractivity contribution >= 4 is 27.3 Å². The number of carbonyl (C=O) groups is 1. The summed E-state index contributed by atoms with van der Waals surface area (Å²) in [5.74, 6) is 0.322. The van der Waals surface area contributed by atoms with E-state index < -0.39 is 0 Å². The molecular weight excluding hydrogens is 280 g/mol. The number of benzene rings is 1. The van der Waals surface area contributed by atoms with Crippen LogP contribution >= 0.6 is 11.3 Å². The minimum atomic E-state index is 0.0120. The van der Waals surface area contributed by atoms with Crippen molar-refractivity contribution in [3.05, 3.63) is 35.2 Å². The number of hydrogen-bond acceptors (Lipinski definition) is 3. The minimum absolute atomic E-state index is 0.0120. The summed E-state index contributed by atoms with van der Waals surface area (Å²) in [5.41, 5.74) is 1.36. The van der Waals surface area contributed by atoms with Crippen LogP contribution in [0.25, 0.3) is 10.1 Å². The molecule has 0 unspecified atom stereocenters. The van der Waals surface area contributed by atoms with Crippen LogP contribution in [0.1, 0.15) is 25.3 Å². The summed E-state index contributed by atoms with van der Waals surface area (Å²) in [6.07, 6.45) is 2.33. The fourth-order valence-electron chi connectivity index (χ4n) is 3.72. The van der Waals surface area contributed by atoms with Gasteiger partial charge in [-0.2, -0.15) is 0 Å². The molecule has 21 heavy (non-hydrogen) atoms. The summed E-state index contributed by atoms with van der Waals surface area (Å²) >= 11 is 1.80. The summed E-state index contributed by atoms with van der Waals surface area (Å²) < 4.78 is 1.34. The molecular formula is C17H20N2OS. The van der Waals surface area contributed by atoms with E-state index in [1.807, 2.05) is 0 Å². The van der Waals surface area contributed by atoms with E-state index in [0.29, 0.717) is 11.9 Å². The number of carbonyl (C=O) groups excluding carboxylic acids is 1. The van der Waals surface area contributed by atoms with Crippen molar-refractivity contribution in [2.75, 3.05) is 13.1 Å². The quantitative estimate of drug-likeness (QED) is 0.851. The Kier molecular flexibility index (Phi) is 3.23. The zero-order chi connectivity index (χ0) is 14.4. The number of hydrogen-bond donors (Lipinski definition) is 0. The molecule has 2 saturated heterocycles. The Morgan fingerprint density at radius 3 is 3.10 bits per heavy atom. The summed E-state index contributed by atoms with van der Waals surface area (Å²) in [4.78, 5) is 17.0. The first-order valence-electron chi connectivity index (χ1n) is 7.73. The summed E-state index contributed by atoms with van der Waals surface area (Å²) in [6, 6.07) is 9.01. The van der Waals surface area contributed by atoms with Gasteiger partial charge < -0.3 is 4.90 Å². The molecule has 2 fully saturated rings. The number of nitrogens with zero attached hydrogens (tertiary/aromatic N) is 2. The van der Waals surface area contributed by atoms with Crippen LogP contribution in [0.3, 0.4) is 0 Å². The van der Waals surface area contributed by atoms with Gasteiger partial charge in [0.2, 0.25) is 5.91 Å². The summed E-state index contributed by atoms with van der Waals surface area (Å²) in [7, 11) is 0. The fraction of sp³-hybridized carbons (Fsp3) is 0.471. The van der Waals surface area contributed by atoms with Crippen molar-refractivity contribution in [3.63, 3.8) is 0 Å². The molecule has 0 saturated carbocycles. The molecule has 110 valence electrons. The number of piperazine rings is 1. The first kappa shape index (κ1) is 13.3. The van der Waals surface area contributed by atoms with Crippen molar-refractivity contribution in [2.45, 2.75) is 38.4 Å². The maximum absolute atomic E-state index is 12.5. The Hall–Kier alpha value is -1.39. The van der Waals surface area contributed by atoms with Gasteiger partial charge in [0.05, 0.1) is 6.04 Å². The molecule has 2 atom stereocenters. The number of amides is 1. The molecule has 2 aliphatic rings. The van der Waals surface area contributed by atoms with Crippen LogP contribution in [-0.4, -0.2) is 40.9 Å². The lowest BCUT2D eigenvalue weighted by Gasteiger charge is -2.41. The van der Waals surface area contributed by atoms with Crippen LogP contribution < -0.4 is 0 Å². The molecule has 0 spiro atoms. The van der Waals surface area contributed by atoms with Gasteiger partial charge in [0.15, 0.2) is 0 Å². The van der Waals surface area contributed by atoms with Gasteiger partial charge in [-0.15, -0.1) is 11.3 Å². The molecule has 2 aromatic rings. The van der Waals surface area contributed by atoms with Crippen LogP contribution in [0.5, 0.6) is 0 Å². The van der Waals surface area contributed by atoms with E-state index in [4.69, 9.17) is 0 Å². The Bertz CT molecular complexity index is 680. The van der Waals surface area contributed by atoms with Gasteiger partial charge in [0.1, 0.15) is 0 Å². The first-order chi connectivity index (χ1) is 10.2. The smallest absolute Gasteiger partial charge is 0.239 e. The summed E-state index contributed by atoms with van der Waals surface area (Å²) in [6.45, 7) is 4.94. The molecule has 3 nitrogen and oxygen atoms in total. The Labute approximate surface area is 129 Å². The Morgan fingerprint density at radius 1 is 1.33 bits per heavy atom. The molecule has 1 aromatic heterocycles. The molecule has 1 aromatic carbocycles. The van der Waals surface area contributed by atoms with E-state index in [1.54, 1.807) is 11.3 Å². The highest BCUT2D eigenvalue weighted by Gasteiger charge is 2.40. The van der Waals surface area contributed by atoms with E-state index in [9.17, 15) is 4.79 Å². The van der Waals surface area contributed by atoms with Gasteiger partial charge in [-0.05, 0) is 42.2 Å². The monoisotopic (exact) mass is 300 g/mol. The average Bonchev–Trinajstić information content (AvgIpc) is 3.12. The lowest BCUT2D eigenvalue weighted by Crippen LogP contribution is -2.58. The molecule has 1 amide bonds. The van der Waals surface area contributed by atoms with Gasteiger partial charge >= 0.3 is 0 Å². The number of fused-ring (bicyclic) bond motifs is 2. The molecule has 0 bridgehead atoms. The standard InChI is InChI=1S/C17H20N2OS/c1-12-17(20)19-8-4-5-14(19)10-18(12)9-13-11-21-16-7-3-2-6-15(13)16/h2-3,6-7,11-12,14H,4-5,8-10H2,1H3/t12-,14-/m1/s1. The van der Waals surface area contributed by atoms with Crippen LogP contribution in [0.4, 0.5) is 0 Å². The van der Waals surface area contributed by atoms with Gasteiger partial charge in [0.25, 0.3) is 0 Å². The van der Waals surface area contributed by atoms with Crippen molar-refractivity contribution in [2.24, 2.45) is 0 Å². The van der Waals surface area contributed by atoms with Crippen molar-refractivity contribution in [3.8, 4) is 0 Å². The Balaban J connectivity index is 1.60. The number of rotatable bonds is 2. The SMILES string of the molecule is C[C@@H]1C(=O)N2CCC[C@@H]2CN1Cc1csc2ccccc12. The molecule has 0 radical (unpaired) electrons. The van der Waals surface area contributed by atoms with Crippen molar-refractivity contribution in [1.82, 2.24) is 9.80 Å². The molecule has 3 heterocycles. The highest BCUT2D eigenvalue weighted by Crippen LogP contribution is 2.30. The maximum Gasteiger partial charge on any atom is 0.239 e. The topological polar surface area (TPSA) is 23.6 Å². The predicted molar refractivity (Wildman–Crippen MR) is 86.4 cm³/mol. The van der Waals surface area contributed by atoms with Crippen molar-refractivity contribution < 1.29 is 4.79 Å². The normalized spacial score (nSPS) is 26.5. The van der Waals surface area contributed by atoms with Crippen LogP contribution in [-0.2, 0) is 11.3 Å². The highest BCUT2D eigenvalue weighted by atomic mass is 32.1. The van der Waals surface area contributed by atoms with Crippen molar-refractivity contribution in [1.29, 1.82) is 0 Å². The minimum Gasteiger partial charge on any atom is -0.337 e. The highest BCUT2D eigenvalue weighted by molar-refractivity contribution is 7.17. The van der Waals surface area contributed by atoms with E-state index in [2.05, 4.69) is 46.4 Å². The second-order valence-electron chi connectivity index (χ2n) is 6.19. The molecule has 4 heteroatoms. The van der Waals surface area contributed by atoms with Crippen LogP contribution in [0.15, 0.2) is 29.6 Å². The van der Waals surface area contributed by atoms with Gasteiger partial charge in [0, 0.05) is 30.4 Å². The Morgan fingerprint density at radius 2 is 2.19 bits per heavy atom. The molecule has 0 aliphatic carbocycles.